The van der Waals surface area contributed by atoms with Crippen LogP contribution in [0, 0.1) is 6.92 Å². The second kappa shape index (κ2) is 6.48. The molecule has 0 aliphatic heterocycles. The average molecular weight is 311 g/mol. The largest absolute Gasteiger partial charge is 0.310 e. The van der Waals surface area contributed by atoms with E-state index in [9.17, 15) is 0 Å². The molecule has 0 aromatic carbocycles. The highest BCUT2D eigenvalue weighted by atomic mass is 35.5. The van der Waals surface area contributed by atoms with E-state index in [2.05, 4.69) is 34.1 Å². The predicted octanol–water partition coefficient (Wildman–Crippen LogP) is 3.82. The van der Waals surface area contributed by atoms with Gasteiger partial charge in [-0.15, -0.1) is 0 Å². The van der Waals surface area contributed by atoms with E-state index in [-0.39, 0.29) is 6.04 Å². The zero-order valence-corrected chi connectivity index (χ0v) is 13.1. The lowest BCUT2D eigenvalue weighted by atomic mass is 10.1. The van der Waals surface area contributed by atoms with Gasteiger partial charge in [0, 0.05) is 29.7 Å². The molecule has 0 aliphatic carbocycles. The molecule has 106 valence electrons. The second-order valence-electron chi connectivity index (χ2n) is 4.50. The molecule has 0 amide bonds. The number of rotatable bonds is 4. The summed E-state index contributed by atoms with van der Waals surface area (Å²) < 4.78 is 0. The number of nitrogens with zero attached hydrogens (tertiary/aromatic N) is 3. The Morgan fingerprint density at radius 1 is 1.25 bits per heavy atom. The molecule has 0 bridgehead atoms. The standard InChI is InChI=1S/C14H16Cl2N4/c1-4-17-8(2)11-7-19-14(20-9(11)3)13-12(16)5-10(15)6-18-13/h5-8,17H,4H2,1-3H3. The Bertz CT molecular complexity index is 616. The molecule has 0 spiro atoms. The highest BCUT2D eigenvalue weighted by Crippen LogP contribution is 2.26. The molecule has 2 heterocycles. The first-order valence-electron chi connectivity index (χ1n) is 6.41. The molecule has 2 aromatic heterocycles. The lowest BCUT2D eigenvalue weighted by Crippen LogP contribution is -2.19. The van der Waals surface area contributed by atoms with Gasteiger partial charge in [0.15, 0.2) is 5.82 Å². The molecule has 0 saturated carbocycles. The van der Waals surface area contributed by atoms with Crippen molar-refractivity contribution in [3.63, 3.8) is 0 Å². The second-order valence-corrected chi connectivity index (χ2v) is 5.34. The van der Waals surface area contributed by atoms with Gasteiger partial charge in [0.05, 0.1) is 10.0 Å². The molecule has 0 fully saturated rings. The van der Waals surface area contributed by atoms with Gasteiger partial charge in [-0.25, -0.2) is 15.0 Å². The minimum absolute atomic E-state index is 0.211. The summed E-state index contributed by atoms with van der Waals surface area (Å²) in [5.41, 5.74) is 2.53. The van der Waals surface area contributed by atoms with E-state index in [4.69, 9.17) is 23.2 Å². The van der Waals surface area contributed by atoms with Crippen molar-refractivity contribution in [1.82, 2.24) is 20.3 Å². The number of aromatic nitrogens is 3. The number of nitrogens with one attached hydrogen (secondary N) is 1. The molecule has 1 atom stereocenters. The maximum Gasteiger partial charge on any atom is 0.179 e. The summed E-state index contributed by atoms with van der Waals surface area (Å²) in [6.45, 7) is 7.01. The lowest BCUT2D eigenvalue weighted by molar-refractivity contribution is 0.590. The molecule has 20 heavy (non-hydrogen) atoms. The van der Waals surface area contributed by atoms with E-state index in [0.717, 1.165) is 17.8 Å². The molecule has 2 aromatic rings. The fourth-order valence-electron chi connectivity index (χ4n) is 2.01. The molecule has 2 rings (SSSR count). The van der Waals surface area contributed by atoms with Gasteiger partial charge in [-0.1, -0.05) is 30.1 Å². The highest BCUT2D eigenvalue weighted by molar-refractivity contribution is 6.35. The van der Waals surface area contributed by atoms with Crippen molar-refractivity contribution in [2.24, 2.45) is 0 Å². The Kier molecular flexibility index (Phi) is 4.91. The van der Waals surface area contributed by atoms with E-state index in [0.29, 0.717) is 21.6 Å². The first-order chi connectivity index (χ1) is 9.52. The molecule has 0 saturated heterocycles. The van der Waals surface area contributed by atoms with Gasteiger partial charge in [-0.05, 0) is 26.5 Å². The van der Waals surface area contributed by atoms with Crippen LogP contribution in [-0.4, -0.2) is 21.5 Å². The Hall–Kier alpha value is -1.23. The van der Waals surface area contributed by atoms with Crippen LogP contribution in [0.5, 0.6) is 0 Å². The van der Waals surface area contributed by atoms with Gasteiger partial charge in [0.25, 0.3) is 0 Å². The third-order valence-corrected chi connectivity index (χ3v) is 3.51. The Labute approximate surface area is 128 Å². The summed E-state index contributed by atoms with van der Waals surface area (Å²) in [7, 11) is 0. The van der Waals surface area contributed by atoms with Crippen LogP contribution in [0.15, 0.2) is 18.5 Å². The van der Waals surface area contributed by atoms with Gasteiger partial charge in [-0.3, -0.25) is 0 Å². The molecule has 4 nitrogen and oxygen atoms in total. The van der Waals surface area contributed by atoms with Crippen molar-refractivity contribution in [1.29, 1.82) is 0 Å². The van der Waals surface area contributed by atoms with Crippen molar-refractivity contribution in [2.75, 3.05) is 6.54 Å². The maximum absolute atomic E-state index is 6.13. The number of hydrogen-bond acceptors (Lipinski definition) is 4. The quantitative estimate of drug-likeness (QED) is 0.932. The fourth-order valence-corrected chi connectivity index (χ4v) is 2.48. The van der Waals surface area contributed by atoms with Crippen LogP contribution in [0.3, 0.4) is 0 Å². The zero-order chi connectivity index (χ0) is 14.7. The SMILES string of the molecule is CCNC(C)c1cnc(-c2ncc(Cl)cc2Cl)nc1C. The van der Waals surface area contributed by atoms with Gasteiger partial charge in [0.2, 0.25) is 0 Å². The normalized spacial score (nSPS) is 12.4. The zero-order valence-electron chi connectivity index (χ0n) is 11.6. The average Bonchev–Trinajstić information content (AvgIpc) is 2.38. The van der Waals surface area contributed by atoms with Crippen LogP contribution < -0.4 is 5.32 Å². The number of aryl methyl sites for hydroxylation is 1. The van der Waals surface area contributed by atoms with Gasteiger partial charge in [0.1, 0.15) is 5.69 Å². The third kappa shape index (κ3) is 3.26. The highest BCUT2D eigenvalue weighted by Gasteiger charge is 2.13. The molecular formula is C14H16Cl2N4. The maximum atomic E-state index is 6.13. The summed E-state index contributed by atoms with van der Waals surface area (Å²) in [4.78, 5) is 13.1. The smallest absolute Gasteiger partial charge is 0.179 e. The Morgan fingerprint density at radius 3 is 2.60 bits per heavy atom. The lowest BCUT2D eigenvalue weighted by Gasteiger charge is -2.15. The molecular weight excluding hydrogens is 295 g/mol. The monoisotopic (exact) mass is 310 g/mol. The van der Waals surface area contributed by atoms with Crippen molar-refractivity contribution in [3.8, 4) is 11.5 Å². The van der Waals surface area contributed by atoms with E-state index >= 15 is 0 Å². The van der Waals surface area contributed by atoms with E-state index in [1.807, 2.05) is 13.1 Å². The van der Waals surface area contributed by atoms with Gasteiger partial charge < -0.3 is 5.32 Å². The molecule has 6 heteroatoms. The number of pyridine rings is 1. The van der Waals surface area contributed by atoms with E-state index in [1.54, 1.807) is 6.07 Å². The summed E-state index contributed by atoms with van der Waals surface area (Å²) in [5, 5.41) is 4.28. The fraction of sp³-hybridized carbons (Fsp3) is 0.357. The predicted molar refractivity (Wildman–Crippen MR) is 82.1 cm³/mol. The molecule has 0 aliphatic rings. The van der Waals surface area contributed by atoms with Crippen LogP contribution in [0.2, 0.25) is 10.0 Å². The Morgan fingerprint density at radius 2 is 2.00 bits per heavy atom. The van der Waals surface area contributed by atoms with Crippen LogP contribution in [0.25, 0.3) is 11.5 Å². The minimum Gasteiger partial charge on any atom is -0.310 e. The van der Waals surface area contributed by atoms with Gasteiger partial charge in [-0.2, -0.15) is 0 Å². The summed E-state index contributed by atoms with van der Waals surface area (Å²) in [5.74, 6) is 0.511. The van der Waals surface area contributed by atoms with Crippen molar-refractivity contribution < 1.29 is 0 Å². The first kappa shape index (κ1) is 15.2. The van der Waals surface area contributed by atoms with Crippen LogP contribution in [0.4, 0.5) is 0 Å². The number of hydrogen-bond donors (Lipinski definition) is 1. The minimum atomic E-state index is 0.211. The molecule has 0 radical (unpaired) electrons. The van der Waals surface area contributed by atoms with Crippen molar-refractivity contribution in [3.05, 3.63) is 39.8 Å². The van der Waals surface area contributed by atoms with Crippen LogP contribution >= 0.6 is 23.2 Å². The van der Waals surface area contributed by atoms with Crippen molar-refractivity contribution >= 4 is 23.2 Å². The number of halogens is 2. The molecule has 1 N–H and O–H groups in total. The summed E-state index contributed by atoms with van der Waals surface area (Å²) in [6, 6.07) is 1.85. The molecule has 1 unspecified atom stereocenters. The van der Waals surface area contributed by atoms with Gasteiger partial charge >= 0.3 is 0 Å². The Balaban J connectivity index is 2.38. The van der Waals surface area contributed by atoms with E-state index in [1.165, 1.54) is 6.20 Å². The van der Waals surface area contributed by atoms with Crippen LogP contribution in [-0.2, 0) is 0 Å². The topological polar surface area (TPSA) is 50.7 Å². The van der Waals surface area contributed by atoms with Crippen molar-refractivity contribution in [2.45, 2.75) is 26.8 Å². The first-order valence-corrected chi connectivity index (χ1v) is 7.16. The summed E-state index contributed by atoms with van der Waals surface area (Å²) >= 11 is 12.0. The van der Waals surface area contributed by atoms with Crippen LogP contribution in [0.1, 0.15) is 31.1 Å². The third-order valence-electron chi connectivity index (χ3n) is 3.01. The van der Waals surface area contributed by atoms with E-state index < -0.39 is 0 Å². The summed E-state index contributed by atoms with van der Waals surface area (Å²) in [6.07, 6.45) is 3.36.